The Labute approximate surface area is 106 Å². The number of aromatic amines is 1. The molecule has 0 saturated carbocycles. The zero-order chi connectivity index (χ0) is 11.7. The van der Waals surface area contributed by atoms with Crippen LogP contribution in [0, 0.1) is 0 Å². The van der Waals surface area contributed by atoms with Gasteiger partial charge in [-0.25, -0.2) is 0 Å². The monoisotopic (exact) mass is 248 g/mol. The van der Waals surface area contributed by atoms with Crippen molar-refractivity contribution in [1.29, 1.82) is 0 Å². The lowest BCUT2D eigenvalue weighted by molar-refractivity contribution is 0.465. The van der Waals surface area contributed by atoms with Crippen LogP contribution in [0.4, 0.5) is 0 Å². The lowest BCUT2D eigenvalue weighted by Gasteiger charge is -2.24. The van der Waals surface area contributed by atoms with Crippen molar-refractivity contribution in [3.63, 3.8) is 0 Å². The van der Waals surface area contributed by atoms with E-state index in [0.29, 0.717) is 6.04 Å². The lowest BCUT2D eigenvalue weighted by Crippen LogP contribution is -2.29. The molecule has 1 unspecified atom stereocenters. The molecule has 1 aliphatic heterocycles. The number of aromatic nitrogens is 1. The Kier molecular flexibility index (Phi) is 3.08. The first-order chi connectivity index (χ1) is 8.40. The molecule has 0 aliphatic carbocycles. The molecule has 3 heteroatoms. The largest absolute Gasteiger partial charge is 0.357 e. The third-order valence-electron chi connectivity index (χ3n) is 3.59. The molecule has 1 aromatic carbocycles. The number of H-pyrrole nitrogens is 1. The molecule has 1 aromatic heterocycles. The van der Waals surface area contributed by atoms with Crippen molar-refractivity contribution in [1.82, 2.24) is 10.3 Å². The van der Waals surface area contributed by atoms with Crippen LogP contribution in [0.25, 0.3) is 10.9 Å². The summed E-state index contributed by atoms with van der Waals surface area (Å²) in [7, 11) is 0. The Morgan fingerprint density at radius 1 is 1.29 bits per heavy atom. The number of hydrogen-bond acceptors (Lipinski definition) is 1. The van der Waals surface area contributed by atoms with Gasteiger partial charge in [-0.05, 0) is 37.4 Å². The fraction of sp³-hybridized carbons (Fsp3) is 0.429. The third-order valence-corrected chi connectivity index (χ3v) is 3.85. The highest BCUT2D eigenvalue weighted by molar-refractivity contribution is 6.17. The van der Waals surface area contributed by atoms with E-state index in [9.17, 15) is 0 Å². The van der Waals surface area contributed by atoms with Gasteiger partial charge in [0.1, 0.15) is 0 Å². The molecule has 1 atom stereocenters. The highest BCUT2D eigenvalue weighted by Gasteiger charge is 2.22. The summed E-state index contributed by atoms with van der Waals surface area (Å²) >= 11 is 5.79. The van der Waals surface area contributed by atoms with Crippen LogP contribution in [0.2, 0.25) is 0 Å². The van der Waals surface area contributed by atoms with E-state index in [-0.39, 0.29) is 0 Å². The van der Waals surface area contributed by atoms with E-state index >= 15 is 0 Å². The van der Waals surface area contributed by atoms with Crippen molar-refractivity contribution >= 4 is 22.5 Å². The topological polar surface area (TPSA) is 27.8 Å². The van der Waals surface area contributed by atoms with Crippen LogP contribution in [0.5, 0.6) is 0 Å². The Morgan fingerprint density at radius 3 is 3.06 bits per heavy atom. The first kappa shape index (κ1) is 11.1. The number of nitrogens with one attached hydrogen (secondary N) is 2. The van der Waals surface area contributed by atoms with Crippen molar-refractivity contribution in [2.24, 2.45) is 0 Å². The zero-order valence-electron chi connectivity index (χ0n) is 9.80. The number of hydrogen-bond donors (Lipinski definition) is 2. The number of alkyl halides is 1. The predicted molar refractivity (Wildman–Crippen MR) is 72.7 cm³/mol. The van der Waals surface area contributed by atoms with Gasteiger partial charge >= 0.3 is 0 Å². The highest BCUT2D eigenvalue weighted by Crippen LogP contribution is 2.31. The van der Waals surface area contributed by atoms with E-state index in [4.69, 9.17) is 11.6 Å². The fourth-order valence-electron chi connectivity index (χ4n) is 2.79. The second-order valence-corrected chi connectivity index (χ2v) is 5.03. The SMILES string of the molecule is ClCCCC1NCCc2c1[nH]c1ccccc21. The molecule has 0 spiro atoms. The minimum absolute atomic E-state index is 0.449. The van der Waals surface area contributed by atoms with Crippen molar-refractivity contribution < 1.29 is 0 Å². The molecule has 90 valence electrons. The van der Waals surface area contributed by atoms with Gasteiger partial charge in [-0.1, -0.05) is 18.2 Å². The first-order valence-corrected chi connectivity index (χ1v) is 6.82. The molecule has 1 aliphatic rings. The molecule has 17 heavy (non-hydrogen) atoms. The second-order valence-electron chi connectivity index (χ2n) is 4.65. The maximum atomic E-state index is 5.79. The molecule has 0 fully saturated rings. The minimum atomic E-state index is 0.449. The van der Waals surface area contributed by atoms with Gasteiger partial charge in [-0.2, -0.15) is 0 Å². The van der Waals surface area contributed by atoms with Crippen LogP contribution >= 0.6 is 11.6 Å². The molecular formula is C14H17ClN2. The Hall–Kier alpha value is -0.990. The van der Waals surface area contributed by atoms with E-state index in [2.05, 4.69) is 34.6 Å². The third kappa shape index (κ3) is 1.96. The summed E-state index contributed by atoms with van der Waals surface area (Å²) < 4.78 is 0. The quantitative estimate of drug-likeness (QED) is 0.801. The molecule has 0 amide bonds. The smallest absolute Gasteiger partial charge is 0.0476 e. The number of benzene rings is 1. The molecule has 2 aromatic rings. The van der Waals surface area contributed by atoms with E-state index < -0.39 is 0 Å². The van der Waals surface area contributed by atoms with Gasteiger partial charge in [-0.15, -0.1) is 11.6 Å². The molecule has 0 bridgehead atoms. The van der Waals surface area contributed by atoms with Gasteiger partial charge in [0, 0.05) is 28.5 Å². The van der Waals surface area contributed by atoms with Crippen LogP contribution < -0.4 is 5.32 Å². The van der Waals surface area contributed by atoms with E-state index in [1.165, 1.54) is 22.2 Å². The van der Waals surface area contributed by atoms with Gasteiger partial charge in [0.05, 0.1) is 0 Å². The normalized spacial score (nSPS) is 19.5. The van der Waals surface area contributed by atoms with Gasteiger partial charge in [-0.3, -0.25) is 0 Å². The van der Waals surface area contributed by atoms with Crippen molar-refractivity contribution in [2.75, 3.05) is 12.4 Å². The predicted octanol–water partition coefficient (Wildman–Crippen LogP) is 3.37. The fourth-order valence-corrected chi connectivity index (χ4v) is 2.94. The standard InChI is InChI=1S/C14H17ClN2/c15-8-3-6-13-14-11(7-9-16-13)10-4-1-2-5-12(10)17-14/h1-2,4-5,13,16-17H,3,6-9H2. The summed E-state index contributed by atoms with van der Waals surface area (Å²) in [6.07, 6.45) is 3.30. The van der Waals surface area contributed by atoms with E-state index in [0.717, 1.165) is 31.7 Å². The van der Waals surface area contributed by atoms with Crippen molar-refractivity contribution in [3.8, 4) is 0 Å². The first-order valence-electron chi connectivity index (χ1n) is 6.29. The molecule has 0 radical (unpaired) electrons. The minimum Gasteiger partial charge on any atom is -0.357 e. The van der Waals surface area contributed by atoms with Crippen molar-refractivity contribution in [2.45, 2.75) is 25.3 Å². The summed E-state index contributed by atoms with van der Waals surface area (Å²) in [5, 5.41) is 4.97. The number of halogens is 1. The summed E-state index contributed by atoms with van der Waals surface area (Å²) in [5.74, 6) is 0.744. The van der Waals surface area contributed by atoms with Crippen LogP contribution in [-0.4, -0.2) is 17.4 Å². The maximum Gasteiger partial charge on any atom is 0.0476 e. The molecule has 0 saturated heterocycles. The number of rotatable bonds is 3. The Balaban J connectivity index is 2.02. The lowest BCUT2D eigenvalue weighted by atomic mass is 9.97. The van der Waals surface area contributed by atoms with Gasteiger partial charge in [0.25, 0.3) is 0 Å². The van der Waals surface area contributed by atoms with Gasteiger partial charge < -0.3 is 10.3 Å². The maximum absolute atomic E-state index is 5.79. The van der Waals surface area contributed by atoms with Crippen LogP contribution in [0.15, 0.2) is 24.3 Å². The Bertz CT molecular complexity index is 518. The Morgan fingerprint density at radius 2 is 2.18 bits per heavy atom. The van der Waals surface area contributed by atoms with Gasteiger partial charge in [0.15, 0.2) is 0 Å². The zero-order valence-corrected chi connectivity index (χ0v) is 10.6. The summed E-state index contributed by atoms with van der Waals surface area (Å²) in [6.45, 7) is 1.07. The van der Waals surface area contributed by atoms with Gasteiger partial charge in [0.2, 0.25) is 0 Å². The van der Waals surface area contributed by atoms with Crippen LogP contribution in [0.3, 0.4) is 0 Å². The average molecular weight is 249 g/mol. The second kappa shape index (κ2) is 4.71. The molecule has 2 heterocycles. The van der Waals surface area contributed by atoms with Crippen LogP contribution in [-0.2, 0) is 6.42 Å². The molecular weight excluding hydrogens is 232 g/mol. The molecule has 2 nitrogen and oxygen atoms in total. The summed E-state index contributed by atoms with van der Waals surface area (Å²) in [5.41, 5.74) is 4.14. The summed E-state index contributed by atoms with van der Waals surface area (Å²) in [6, 6.07) is 9.03. The molecule has 3 rings (SSSR count). The van der Waals surface area contributed by atoms with Crippen LogP contribution in [0.1, 0.15) is 30.1 Å². The van der Waals surface area contributed by atoms with Crippen molar-refractivity contribution in [3.05, 3.63) is 35.5 Å². The highest BCUT2D eigenvalue weighted by atomic mass is 35.5. The average Bonchev–Trinajstić information content (AvgIpc) is 2.75. The number of para-hydroxylation sites is 1. The number of fused-ring (bicyclic) bond motifs is 3. The van der Waals surface area contributed by atoms with E-state index in [1.54, 1.807) is 0 Å². The molecule has 2 N–H and O–H groups in total. The summed E-state index contributed by atoms with van der Waals surface area (Å²) in [4.78, 5) is 3.57. The van der Waals surface area contributed by atoms with E-state index in [1.807, 2.05) is 0 Å².